The summed E-state index contributed by atoms with van der Waals surface area (Å²) in [7, 11) is 0. The van der Waals surface area contributed by atoms with Gasteiger partial charge in [-0.05, 0) is 121 Å². The monoisotopic (exact) mass is 868 g/mol. The highest BCUT2D eigenvalue weighted by molar-refractivity contribution is 8.00. The highest BCUT2D eigenvalue weighted by Crippen LogP contribution is 2.50. The van der Waals surface area contributed by atoms with E-state index >= 15 is 0 Å². The molecule has 8 aromatic carbocycles. The molecule has 0 bridgehead atoms. The number of benzene rings is 8. The van der Waals surface area contributed by atoms with Crippen LogP contribution in [0.3, 0.4) is 0 Å². The van der Waals surface area contributed by atoms with E-state index in [1.807, 2.05) is 70.2 Å². The molecule has 0 fully saturated rings. The van der Waals surface area contributed by atoms with Crippen molar-refractivity contribution in [3.8, 4) is 0 Å². The van der Waals surface area contributed by atoms with Crippen LogP contribution < -0.4 is 19.8 Å². The SMILES string of the molecule is C(=NN(c1ccccc1)c1ccccc1)c1ccc2c(c1)Sc1ccccc1N2CCCCCCN1c2ccccc2Sc2cc(C=NN(c3ccccc3)c3ccccc3)ccc21. The first-order valence-corrected chi connectivity index (χ1v) is 23.6. The molecule has 0 amide bonds. The molecule has 64 heavy (non-hydrogen) atoms. The molecule has 0 aromatic heterocycles. The Labute approximate surface area is 385 Å². The Balaban J connectivity index is 0.803. The van der Waals surface area contributed by atoms with Crippen LogP contribution in [0.2, 0.25) is 0 Å². The first-order valence-electron chi connectivity index (χ1n) is 22.0. The average molecular weight is 869 g/mol. The summed E-state index contributed by atoms with van der Waals surface area (Å²) in [4.78, 5) is 10.1. The summed E-state index contributed by atoms with van der Waals surface area (Å²) in [5, 5.41) is 14.0. The number of hydrazone groups is 2. The van der Waals surface area contributed by atoms with Crippen molar-refractivity contribution in [3.05, 3.63) is 217 Å². The number of anilines is 8. The molecule has 8 aromatic rings. The van der Waals surface area contributed by atoms with Crippen LogP contribution in [0, 0.1) is 0 Å². The molecule has 2 aliphatic rings. The fraction of sp³-hybridized carbons (Fsp3) is 0.107. The second-order valence-corrected chi connectivity index (χ2v) is 17.9. The standard InChI is InChI=1S/C56H48N6S2/c1(19-37-59-49-29-15-17-31-53(49)63-55-39-43(33-35-51(55)59)41-57-61(45-21-7-3-8-22-45)46-23-9-4-10-24-46)2-20-38-60-50-30-16-18-32-54(50)64-56-40-44(34-36-52(56)60)42-58-62(47-25-11-5-12-26-47)48-27-13-6-14-28-48/h3-18,21-36,39-42H,1-2,19-20,37-38H2. The molecule has 2 aliphatic heterocycles. The van der Waals surface area contributed by atoms with E-state index in [2.05, 4.69) is 192 Å². The lowest BCUT2D eigenvalue weighted by Crippen LogP contribution is -2.23. The average Bonchev–Trinajstić information content (AvgIpc) is 3.35. The Hall–Kier alpha value is -7.00. The Kier molecular flexibility index (Phi) is 12.6. The van der Waals surface area contributed by atoms with Crippen molar-refractivity contribution in [3.63, 3.8) is 0 Å². The normalized spacial score (nSPS) is 12.8. The molecular weight excluding hydrogens is 821 g/mol. The Morgan fingerprint density at radius 1 is 0.344 bits per heavy atom. The van der Waals surface area contributed by atoms with Gasteiger partial charge in [-0.25, -0.2) is 10.0 Å². The summed E-state index contributed by atoms with van der Waals surface area (Å²) in [5.74, 6) is 0. The minimum atomic E-state index is 0.968. The maximum Gasteiger partial charge on any atom is 0.0652 e. The highest BCUT2D eigenvalue weighted by atomic mass is 32.2. The molecule has 0 spiro atoms. The zero-order chi connectivity index (χ0) is 42.9. The van der Waals surface area contributed by atoms with Gasteiger partial charge in [0.1, 0.15) is 0 Å². The summed E-state index contributed by atoms with van der Waals surface area (Å²) >= 11 is 3.70. The van der Waals surface area contributed by atoms with Gasteiger partial charge in [0.25, 0.3) is 0 Å². The number of rotatable bonds is 15. The van der Waals surface area contributed by atoms with Crippen molar-refractivity contribution in [1.29, 1.82) is 0 Å². The molecule has 0 atom stereocenters. The molecular formula is C56H48N6S2. The van der Waals surface area contributed by atoms with E-state index in [0.717, 1.165) is 72.6 Å². The van der Waals surface area contributed by atoms with Crippen LogP contribution >= 0.6 is 23.5 Å². The molecule has 0 N–H and O–H groups in total. The number of nitrogens with zero attached hydrogens (tertiary/aromatic N) is 6. The molecule has 10 rings (SSSR count). The fourth-order valence-corrected chi connectivity index (χ4v) is 10.6. The lowest BCUT2D eigenvalue weighted by Gasteiger charge is -2.33. The van der Waals surface area contributed by atoms with Gasteiger partial charge in [-0.1, -0.05) is 146 Å². The van der Waals surface area contributed by atoms with Crippen LogP contribution in [-0.4, -0.2) is 25.5 Å². The summed E-state index contributed by atoms with van der Waals surface area (Å²) in [6.07, 6.45) is 8.49. The number of fused-ring (bicyclic) bond motifs is 4. The molecule has 6 nitrogen and oxygen atoms in total. The van der Waals surface area contributed by atoms with Crippen LogP contribution in [0.5, 0.6) is 0 Å². The van der Waals surface area contributed by atoms with E-state index in [-0.39, 0.29) is 0 Å². The van der Waals surface area contributed by atoms with Gasteiger partial charge in [-0.15, -0.1) is 0 Å². The molecule has 0 saturated carbocycles. The highest BCUT2D eigenvalue weighted by Gasteiger charge is 2.25. The van der Waals surface area contributed by atoms with Crippen molar-refractivity contribution in [1.82, 2.24) is 0 Å². The van der Waals surface area contributed by atoms with Crippen molar-refractivity contribution in [2.45, 2.75) is 45.3 Å². The fourth-order valence-electron chi connectivity index (χ4n) is 8.33. The van der Waals surface area contributed by atoms with Crippen LogP contribution in [0.4, 0.5) is 45.5 Å². The van der Waals surface area contributed by atoms with Crippen LogP contribution in [-0.2, 0) is 0 Å². The van der Waals surface area contributed by atoms with Crippen molar-refractivity contribution >= 4 is 81.5 Å². The largest absolute Gasteiger partial charge is 0.340 e. The molecule has 0 aliphatic carbocycles. The van der Waals surface area contributed by atoms with Gasteiger partial charge in [0, 0.05) is 32.7 Å². The van der Waals surface area contributed by atoms with Gasteiger partial charge in [0.15, 0.2) is 0 Å². The van der Waals surface area contributed by atoms with E-state index in [1.165, 1.54) is 42.3 Å². The number of hydrogen-bond donors (Lipinski definition) is 0. The summed E-state index contributed by atoms with van der Waals surface area (Å²) in [6.45, 7) is 1.94. The topological polar surface area (TPSA) is 37.7 Å². The predicted octanol–water partition coefficient (Wildman–Crippen LogP) is 15.5. The second-order valence-electron chi connectivity index (χ2n) is 15.8. The molecule has 314 valence electrons. The third kappa shape index (κ3) is 9.20. The number of unbranched alkanes of at least 4 members (excludes halogenated alkanes) is 3. The van der Waals surface area contributed by atoms with E-state index in [9.17, 15) is 0 Å². The van der Waals surface area contributed by atoms with E-state index in [0.29, 0.717) is 0 Å². The second kappa shape index (κ2) is 19.6. The minimum absolute atomic E-state index is 0.968. The zero-order valence-corrected chi connectivity index (χ0v) is 37.2. The summed E-state index contributed by atoms with van der Waals surface area (Å²) in [6, 6.07) is 72.4. The van der Waals surface area contributed by atoms with Gasteiger partial charge >= 0.3 is 0 Å². The quantitative estimate of drug-likeness (QED) is 0.0580. The summed E-state index contributed by atoms with van der Waals surface area (Å²) < 4.78 is 0. The Bertz CT molecular complexity index is 2600. The third-order valence-corrected chi connectivity index (χ3v) is 13.7. The lowest BCUT2D eigenvalue weighted by atomic mass is 10.1. The van der Waals surface area contributed by atoms with Crippen molar-refractivity contribution in [2.24, 2.45) is 10.2 Å². The Morgan fingerprint density at radius 2 is 0.672 bits per heavy atom. The number of hydrogen-bond acceptors (Lipinski definition) is 8. The molecule has 8 heteroatoms. The van der Waals surface area contributed by atoms with Crippen molar-refractivity contribution in [2.75, 3.05) is 32.9 Å². The van der Waals surface area contributed by atoms with Crippen LogP contribution in [0.25, 0.3) is 0 Å². The first kappa shape index (κ1) is 41.0. The maximum absolute atomic E-state index is 4.99. The molecule has 0 unspecified atom stereocenters. The third-order valence-electron chi connectivity index (χ3n) is 11.5. The van der Waals surface area contributed by atoms with Gasteiger partial charge in [-0.3, -0.25) is 0 Å². The van der Waals surface area contributed by atoms with Gasteiger partial charge in [0.05, 0.1) is 57.9 Å². The van der Waals surface area contributed by atoms with E-state index in [4.69, 9.17) is 10.2 Å². The molecule has 0 radical (unpaired) electrons. The number of para-hydroxylation sites is 6. The van der Waals surface area contributed by atoms with Gasteiger partial charge in [0.2, 0.25) is 0 Å². The maximum atomic E-state index is 4.99. The lowest BCUT2D eigenvalue weighted by molar-refractivity contribution is 0.640. The van der Waals surface area contributed by atoms with Gasteiger partial charge < -0.3 is 9.80 Å². The van der Waals surface area contributed by atoms with E-state index in [1.54, 1.807) is 0 Å². The Morgan fingerprint density at radius 3 is 1.05 bits per heavy atom. The van der Waals surface area contributed by atoms with Crippen LogP contribution in [0.15, 0.2) is 236 Å². The van der Waals surface area contributed by atoms with Crippen LogP contribution in [0.1, 0.15) is 36.8 Å². The minimum Gasteiger partial charge on any atom is -0.340 e. The molecule has 2 heterocycles. The first-order chi connectivity index (χ1) is 31.7. The summed E-state index contributed by atoms with van der Waals surface area (Å²) in [5.41, 5.74) is 11.3. The predicted molar refractivity (Wildman–Crippen MR) is 272 cm³/mol. The zero-order valence-electron chi connectivity index (χ0n) is 35.5. The van der Waals surface area contributed by atoms with Crippen molar-refractivity contribution < 1.29 is 0 Å². The molecule has 0 saturated heterocycles. The van der Waals surface area contributed by atoms with Gasteiger partial charge in [-0.2, -0.15) is 10.2 Å². The van der Waals surface area contributed by atoms with E-state index < -0.39 is 0 Å². The smallest absolute Gasteiger partial charge is 0.0652 e.